The molecule has 84 valence electrons. The second-order valence-corrected chi connectivity index (χ2v) is 4.25. The van der Waals surface area contributed by atoms with E-state index in [0.717, 1.165) is 21.8 Å². The summed E-state index contributed by atoms with van der Waals surface area (Å²) in [6.07, 6.45) is 1.81. The summed E-state index contributed by atoms with van der Waals surface area (Å²) in [5, 5.41) is 2.20. The van der Waals surface area contributed by atoms with Crippen molar-refractivity contribution in [3.8, 4) is 0 Å². The van der Waals surface area contributed by atoms with Gasteiger partial charge in [0.05, 0.1) is 11.0 Å². The Balaban J connectivity index is 2.66. The van der Waals surface area contributed by atoms with Crippen LogP contribution in [0.15, 0.2) is 41.3 Å². The van der Waals surface area contributed by atoms with Gasteiger partial charge in [-0.25, -0.2) is 0 Å². The van der Waals surface area contributed by atoms with Gasteiger partial charge >= 0.3 is 0 Å². The second kappa shape index (κ2) is 3.42. The summed E-state index contributed by atoms with van der Waals surface area (Å²) in [5.41, 5.74) is 3.11. The lowest BCUT2D eigenvalue weighted by molar-refractivity contribution is 0.907. The van der Waals surface area contributed by atoms with Crippen molar-refractivity contribution in [3.63, 3.8) is 0 Å². The van der Waals surface area contributed by atoms with Gasteiger partial charge in [-0.05, 0) is 36.8 Å². The molecule has 0 atom stereocenters. The minimum absolute atomic E-state index is 0.0124. The molecular weight excluding hydrogens is 212 g/mol. The predicted octanol–water partition coefficient (Wildman–Crippen LogP) is 2.40. The van der Waals surface area contributed by atoms with Crippen LogP contribution in [-0.4, -0.2) is 9.55 Å². The maximum absolute atomic E-state index is 11.6. The molecule has 0 unspecified atom stereocenters. The lowest BCUT2D eigenvalue weighted by Gasteiger charge is -2.08. The molecule has 0 spiro atoms. The van der Waals surface area contributed by atoms with Gasteiger partial charge in [0.2, 0.25) is 0 Å². The van der Waals surface area contributed by atoms with E-state index in [1.807, 2.05) is 30.5 Å². The molecule has 1 aromatic carbocycles. The van der Waals surface area contributed by atoms with Crippen molar-refractivity contribution >= 4 is 21.8 Å². The first-order valence-electron chi connectivity index (χ1n) is 5.52. The van der Waals surface area contributed by atoms with Crippen LogP contribution in [-0.2, 0) is 7.05 Å². The van der Waals surface area contributed by atoms with Gasteiger partial charge in [0.15, 0.2) is 0 Å². The molecule has 0 radical (unpaired) electrons. The van der Waals surface area contributed by atoms with Gasteiger partial charge < -0.3 is 4.57 Å². The van der Waals surface area contributed by atoms with E-state index >= 15 is 0 Å². The molecule has 0 saturated heterocycles. The highest BCUT2D eigenvalue weighted by Crippen LogP contribution is 2.25. The van der Waals surface area contributed by atoms with Crippen LogP contribution in [0.25, 0.3) is 21.8 Å². The second-order valence-electron chi connectivity index (χ2n) is 4.25. The zero-order chi connectivity index (χ0) is 12.0. The number of hydrogen-bond donors (Lipinski definition) is 0. The topological polar surface area (TPSA) is 34.9 Å². The number of benzene rings is 1. The highest BCUT2D eigenvalue weighted by Gasteiger charge is 2.06. The molecule has 3 heteroatoms. The van der Waals surface area contributed by atoms with Crippen molar-refractivity contribution in [2.24, 2.45) is 7.05 Å². The van der Waals surface area contributed by atoms with E-state index in [9.17, 15) is 4.79 Å². The fourth-order valence-electron chi connectivity index (χ4n) is 2.28. The van der Waals surface area contributed by atoms with Crippen molar-refractivity contribution in [3.05, 3.63) is 52.4 Å². The maximum Gasteiger partial charge on any atom is 0.250 e. The molecule has 3 nitrogen and oxygen atoms in total. The highest BCUT2D eigenvalue weighted by molar-refractivity contribution is 6.06. The number of aryl methyl sites for hydroxylation is 2. The Bertz CT molecular complexity index is 787. The number of fused-ring (bicyclic) bond motifs is 3. The molecule has 17 heavy (non-hydrogen) atoms. The van der Waals surface area contributed by atoms with Crippen LogP contribution in [0.1, 0.15) is 5.56 Å². The van der Waals surface area contributed by atoms with Crippen molar-refractivity contribution in [2.75, 3.05) is 0 Å². The van der Waals surface area contributed by atoms with Crippen LogP contribution in [0.2, 0.25) is 0 Å². The summed E-state index contributed by atoms with van der Waals surface area (Å²) in [6.45, 7) is 2.06. The van der Waals surface area contributed by atoms with Gasteiger partial charge in [-0.2, -0.15) is 0 Å². The van der Waals surface area contributed by atoms with Crippen LogP contribution in [0.5, 0.6) is 0 Å². The lowest BCUT2D eigenvalue weighted by Crippen LogP contribution is -2.15. The largest absolute Gasteiger partial charge is 0.311 e. The fraction of sp³-hybridized carbons (Fsp3) is 0.143. The minimum Gasteiger partial charge on any atom is -0.311 e. The summed E-state index contributed by atoms with van der Waals surface area (Å²) >= 11 is 0. The smallest absolute Gasteiger partial charge is 0.250 e. The zero-order valence-corrected chi connectivity index (χ0v) is 9.77. The van der Waals surface area contributed by atoms with Gasteiger partial charge in [-0.15, -0.1) is 0 Å². The van der Waals surface area contributed by atoms with Crippen molar-refractivity contribution in [1.82, 2.24) is 9.55 Å². The molecule has 3 rings (SSSR count). The third-order valence-corrected chi connectivity index (χ3v) is 3.22. The minimum atomic E-state index is 0.0124. The van der Waals surface area contributed by atoms with Crippen LogP contribution in [0.4, 0.5) is 0 Å². The Hall–Kier alpha value is -2.16. The van der Waals surface area contributed by atoms with Crippen molar-refractivity contribution < 1.29 is 0 Å². The van der Waals surface area contributed by atoms with E-state index < -0.39 is 0 Å². The Morgan fingerprint density at radius 2 is 1.94 bits per heavy atom. The molecule has 0 amide bonds. The Kier molecular flexibility index (Phi) is 2.01. The number of hydrogen-bond acceptors (Lipinski definition) is 2. The molecule has 0 fully saturated rings. The number of rotatable bonds is 0. The fourth-order valence-corrected chi connectivity index (χ4v) is 2.28. The number of nitrogens with zero attached hydrogens (tertiary/aromatic N) is 2. The van der Waals surface area contributed by atoms with Crippen molar-refractivity contribution in [1.29, 1.82) is 0 Å². The molecule has 0 aliphatic carbocycles. The zero-order valence-electron chi connectivity index (χ0n) is 9.77. The van der Waals surface area contributed by atoms with E-state index in [4.69, 9.17) is 0 Å². The first-order chi connectivity index (χ1) is 8.18. The predicted molar refractivity (Wildman–Crippen MR) is 69.2 cm³/mol. The normalized spacial score (nSPS) is 11.2. The molecule has 2 aromatic heterocycles. The summed E-state index contributed by atoms with van der Waals surface area (Å²) in [4.78, 5) is 16.0. The average Bonchev–Trinajstić information content (AvgIpc) is 2.33. The third-order valence-electron chi connectivity index (χ3n) is 3.22. The summed E-state index contributed by atoms with van der Waals surface area (Å²) in [6, 6.07) is 9.39. The number of pyridine rings is 2. The van der Waals surface area contributed by atoms with Crippen LogP contribution in [0.3, 0.4) is 0 Å². The monoisotopic (exact) mass is 224 g/mol. The average molecular weight is 224 g/mol. The standard InChI is InChI=1S/C14H12N2O/c1-9-7-8-15-11-4-5-12-10(14(9)11)3-6-13(17)16(12)2/h3-8H,1-2H3. The summed E-state index contributed by atoms with van der Waals surface area (Å²) in [5.74, 6) is 0. The molecule has 0 saturated carbocycles. The van der Waals surface area contributed by atoms with Gasteiger partial charge in [0, 0.05) is 30.1 Å². The van der Waals surface area contributed by atoms with Crippen LogP contribution in [0, 0.1) is 6.92 Å². The Morgan fingerprint density at radius 1 is 1.12 bits per heavy atom. The van der Waals surface area contributed by atoms with Crippen LogP contribution >= 0.6 is 0 Å². The molecule has 0 aliphatic heterocycles. The van der Waals surface area contributed by atoms with Crippen LogP contribution < -0.4 is 5.56 Å². The van der Waals surface area contributed by atoms with E-state index in [1.54, 1.807) is 17.7 Å². The van der Waals surface area contributed by atoms with Gasteiger partial charge in [-0.3, -0.25) is 9.78 Å². The van der Waals surface area contributed by atoms with E-state index in [2.05, 4.69) is 11.9 Å². The SMILES string of the molecule is Cc1ccnc2ccc3c(ccc(=O)n3C)c12. The molecule has 0 aliphatic rings. The van der Waals surface area contributed by atoms with Gasteiger partial charge in [0.1, 0.15) is 0 Å². The molecule has 2 heterocycles. The van der Waals surface area contributed by atoms with Gasteiger partial charge in [0.25, 0.3) is 5.56 Å². The number of aromatic nitrogens is 2. The van der Waals surface area contributed by atoms with E-state index in [1.165, 1.54) is 5.56 Å². The first kappa shape index (κ1) is 10.0. The Morgan fingerprint density at radius 3 is 2.76 bits per heavy atom. The lowest BCUT2D eigenvalue weighted by atomic mass is 10.0. The maximum atomic E-state index is 11.6. The molecular formula is C14H12N2O. The van der Waals surface area contributed by atoms with Gasteiger partial charge in [-0.1, -0.05) is 0 Å². The molecule has 0 bridgehead atoms. The molecule has 3 aromatic rings. The van der Waals surface area contributed by atoms with E-state index in [0.29, 0.717) is 0 Å². The highest BCUT2D eigenvalue weighted by atomic mass is 16.1. The third kappa shape index (κ3) is 1.35. The summed E-state index contributed by atoms with van der Waals surface area (Å²) in [7, 11) is 1.79. The van der Waals surface area contributed by atoms with Crippen molar-refractivity contribution in [2.45, 2.75) is 6.92 Å². The quantitative estimate of drug-likeness (QED) is 0.549. The molecule has 0 N–H and O–H groups in total. The Labute approximate surface area is 98.3 Å². The first-order valence-corrected chi connectivity index (χ1v) is 5.52. The summed E-state index contributed by atoms with van der Waals surface area (Å²) < 4.78 is 1.67. The van der Waals surface area contributed by atoms with E-state index in [-0.39, 0.29) is 5.56 Å².